The molecule has 2 nitrogen and oxygen atoms in total. The highest BCUT2D eigenvalue weighted by Gasteiger charge is 2.15. The molecule has 1 atom stereocenters. The SMILES string of the molecule is CC(=O)C(COc1ccccc1)Cc1ccccc1. The Morgan fingerprint density at radius 2 is 1.58 bits per heavy atom. The van der Waals surface area contributed by atoms with Crippen molar-refractivity contribution >= 4 is 5.78 Å². The largest absolute Gasteiger partial charge is 0.493 e. The van der Waals surface area contributed by atoms with Gasteiger partial charge in [0.2, 0.25) is 0 Å². The lowest BCUT2D eigenvalue weighted by atomic mass is 9.97. The predicted octanol–water partition coefficient (Wildman–Crippen LogP) is 3.51. The van der Waals surface area contributed by atoms with Gasteiger partial charge in [0.15, 0.2) is 0 Å². The van der Waals surface area contributed by atoms with Gasteiger partial charge in [-0.05, 0) is 31.0 Å². The lowest BCUT2D eigenvalue weighted by Crippen LogP contribution is -2.22. The van der Waals surface area contributed by atoms with Gasteiger partial charge in [0.1, 0.15) is 11.5 Å². The smallest absolute Gasteiger partial charge is 0.136 e. The van der Waals surface area contributed by atoms with Gasteiger partial charge in [0.25, 0.3) is 0 Å². The van der Waals surface area contributed by atoms with Gasteiger partial charge in [0, 0.05) is 0 Å². The Bertz CT molecular complexity index is 505. The summed E-state index contributed by atoms with van der Waals surface area (Å²) in [5.74, 6) is 0.879. The highest BCUT2D eigenvalue weighted by atomic mass is 16.5. The summed E-state index contributed by atoms with van der Waals surface area (Å²) in [6.45, 7) is 2.05. The van der Waals surface area contributed by atoms with E-state index in [0.717, 1.165) is 12.2 Å². The summed E-state index contributed by atoms with van der Waals surface area (Å²) in [6, 6.07) is 19.6. The van der Waals surface area contributed by atoms with Gasteiger partial charge in [-0.25, -0.2) is 0 Å². The van der Waals surface area contributed by atoms with Gasteiger partial charge in [-0.1, -0.05) is 48.5 Å². The molecule has 0 aliphatic heterocycles. The molecule has 1 unspecified atom stereocenters. The van der Waals surface area contributed by atoms with Crippen molar-refractivity contribution in [2.75, 3.05) is 6.61 Å². The molecule has 0 amide bonds. The number of benzene rings is 2. The van der Waals surface area contributed by atoms with Crippen molar-refractivity contribution in [3.8, 4) is 5.75 Å². The van der Waals surface area contributed by atoms with Crippen molar-refractivity contribution in [2.45, 2.75) is 13.3 Å². The Kier molecular flexibility index (Phi) is 4.73. The van der Waals surface area contributed by atoms with Crippen LogP contribution in [0.3, 0.4) is 0 Å². The standard InChI is InChI=1S/C17H18O2/c1-14(18)16(12-15-8-4-2-5-9-15)13-19-17-10-6-3-7-11-17/h2-11,16H,12-13H2,1H3. The molecular formula is C17H18O2. The van der Waals surface area contributed by atoms with Crippen molar-refractivity contribution in [1.82, 2.24) is 0 Å². The Balaban J connectivity index is 1.95. The van der Waals surface area contributed by atoms with Crippen LogP contribution in [0.25, 0.3) is 0 Å². The highest BCUT2D eigenvalue weighted by molar-refractivity contribution is 5.78. The Morgan fingerprint density at radius 1 is 1.00 bits per heavy atom. The summed E-state index contributed by atoms with van der Waals surface area (Å²) < 4.78 is 5.68. The molecule has 0 bridgehead atoms. The summed E-state index contributed by atoms with van der Waals surface area (Å²) in [5, 5.41) is 0. The number of hydrogen-bond acceptors (Lipinski definition) is 2. The number of para-hydroxylation sites is 1. The lowest BCUT2D eigenvalue weighted by Gasteiger charge is -2.15. The molecule has 0 saturated carbocycles. The third kappa shape index (κ3) is 4.25. The minimum atomic E-state index is -0.0948. The van der Waals surface area contributed by atoms with E-state index >= 15 is 0 Å². The van der Waals surface area contributed by atoms with Crippen LogP contribution in [0.15, 0.2) is 60.7 Å². The third-order valence-corrected chi connectivity index (χ3v) is 3.09. The lowest BCUT2D eigenvalue weighted by molar-refractivity contribution is -0.121. The van der Waals surface area contributed by atoms with Crippen molar-refractivity contribution in [3.63, 3.8) is 0 Å². The van der Waals surface area contributed by atoms with E-state index in [9.17, 15) is 4.79 Å². The van der Waals surface area contributed by atoms with Crippen LogP contribution in [-0.4, -0.2) is 12.4 Å². The molecule has 0 aliphatic carbocycles. The van der Waals surface area contributed by atoms with Gasteiger partial charge in [-0.3, -0.25) is 4.79 Å². The first-order valence-corrected chi connectivity index (χ1v) is 6.48. The zero-order chi connectivity index (χ0) is 13.5. The first-order chi connectivity index (χ1) is 9.25. The van der Waals surface area contributed by atoms with E-state index in [1.807, 2.05) is 60.7 Å². The number of ether oxygens (including phenoxy) is 1. The van der Waals surface area contributed by atoms with Gasteiger partial charge >= 0.3 is 0 Å². The molecule has 0 radical (unpaired) electrons. The number of hydrogen-bond donors (Lipinski definition) is 0. The summed E-state index contributed by atoms with van der Waals surface area (Å²) in [4.78, 5) is 11.7. The number of rotatable bonds is 6. The Hall–Kier alpha value is -2.09. The van der Waals surface area contributed by atoms with Crippen LogP contribution < -0.4 is 4.74 Å². The van der Waals surface area contributed by atoms with Crippen LogP contribution in [0.1, 0.15) is 12.5 Å². The molecule has 0 spiro atoms. The zero-order valence-electron chi connectivity index (χ0n) is 11.1. The van der Waals surface area contributed by atoms with Crippen molar-refractivity contribution in [2.24, 2.45) is 5.92 Å². The summed E-state index contributed by atoms with van der Waals surface area (Å²) >= 11 is 0. The van der Waals surface area contributed by atoms with E-state index in [1.54, 1.807) is 6.92 Å². The van der Waals surface area contributed by atoms with Crippen LogP contribution in [0.4, 0.5) is 0 Å². The minimum absolute atomic E-state index is 0.0948. The average Bonchev–Trinajstić information content (AvgIpc) is 2.45. The van der Waals surface area contributed by atoms with E-state index in [0.29, 0.717) is 6.61 Å². The maximum absolute atomic E-state index is 11.7. The molecular weight excluding hydrogens is 236 g/mol. The maximum atomic E-state index is 11.7. The second kappa shape index (κ2) is 6.74. The van der Waals surface area contributed by atoms with E-state index in [4.69, 9.17) is 4.74 Å². The maximum Gasteiger partial charge on any atom is 0.136 e. The molecule has 2 rings (SSSR count). The molecule has 2 aromatic rings. The highest BCUT2D eigenvalue weighted by Crippen LogP contribution is 2.14. The van der Waals surface area contributed by atoms with Crippen molar-refractivity contribution in [1.29, 1.82) is 0 Å². The topological polar surface area (TPSA) is 26.3 Å². The van der Waals surface area contributed by atoms with Crippen LogP contribution in [0, 0.1) is 5.92 Å². The van der Waals surface area contributed by atoms with Crippen LogP contribution >= 0.6 is 0 Å². The number of carbonyl (C=O) groups excluding carboxylic acids is 1. The fraction of sp³-hybridized carbons (Fsp3) is 0.235. The predicted molar refractivity (Wildman–Crippen MR) is 76.3 cm³/mol. The molecule has 0 aromatic heterocycles. The van der Waals surface area contributed by atoms with Crippen LogP contribution in [0.5, 0.6) is 5.75 Å². The van der Waals surface area contributed by atoms with Crippen molar-refractivity contribution in [3.05, 3.63) is 66.2 Å². The zero-order valence-corrected chi connectivity index (χ0v) is 11.1. The average molecular weight is 254 g/mol. The molecule has 19 heavy (non-hydrogen) atoms. The molecule has 0 heterocycles. The summed E-state index contributed by atoms with van der Waals surface area (Å²) in [5.41, 5.74) is 1.17. The van der Waals surface area contributed by atoms with Crippen LogP contribution in [-0.2, 0) is 11.2 Å². The molecule has 0 fully saturated rings. The summed E-state index contributed by atoms with van der Waals surface area (Å²) in [7, 11) is 0. The fourth-order valence-electron chi connectivity index (χ4n) is 1.93. The first kappa shape index (κ1) is 13.3. The Labute approximate surface area is 114 Å². The fourth-order valence-corrected chi connectivity index (χ4v) is 1.93. The number of Topliss-reactive ketones (excluding diaryl/α,β-unsaturated/α-hetero) is 1. The second-order valence-electron chi connectivity index (χ2n) is 4.62. The van der Waals surface area contributed by atoms with E-state index in [2.05, 4.69) is 0 Å². The van der Waals surface area contributed by atoms with Gasteiger partial charge in [0.05, 0.1) is 12.5 Å². The van der Waals surface area contributed by atoms with Gasteiger partial charge in [-0.2, -0.15) is 0 Å². The van der Waals surface area contributed by atoms with E-state index < -0.39 is 0 Å². The quantitative estimate of drug-likeness (QED) is 0.788. The van der Waals surface area contributed by atoms with E-state index in [-0.39, 0.29) is 11.7 Å². The third-order valence-electron chi connectivity index (χ3n) is 3.09. The Morgan fingerprint density at radius 3 is 2.16 bits per heavy atom. The molecule has 2 heteroatoms. The monoisotopic (exact) mass is 254 g/mol. The number of ketones is 1. The molecule has 98 valence electrons. The summed E-state index contributed by atoms with van der Waals surface area (Å²) in [6.07, 6.45) is 0.725. The molecule has 2 aromatic carbocycles. The van der Waals surface area contributed by atoms with Crippen molar-refractivity contribution < 1.29 is 9.53 Å². The van der Waals surface area contributed by atoms with E-state index in [1.165, 1.54) is 5.56 Å². The molecule has 0 N–H and O–H groups in total. The minimum Gasteiger partial charge on any atom is -0.493 e. The molecule has 0 aliphatic rings. The van der Waals surface area contributed by atoms with Crippen LogP contribution in [0.2, 0.25) is 0 Å². The second-order valence-corrected chi connectivity index (χ2v) is 4.62. The molecule has 0 saturated heterocycles. The van der Waals surface area contributed by atoms with Gasteiger partial charge < -0.3 is 4.74 Å². The first-order valence-electron chi connectivity index (χ1n) is 6.48. The normalized spacial score (nSPS) is 11.8. The van der Waals surface area contributed by atoms with Gasteiger partial charge in [-0.15, -0.1) is 0 Å². The number of carbonyl (C=O) groups is 1.